The second-order valence-corrected chi connectivity index (χ2v) is 5.54. The van der Waals surface area contributed by atoms with Gasteiger partial charge in [0.2, 0.25) is 0 Å². The Morgan fingerprint density at radius 2 is 1.77 bits per heavy atom. The maximum atomic E-state index is 11.9. The van der Waals surface area contributed by atoms with Crippen LogP contribution in [-0.2, 0) is 25.5 Å². The van der Waals surface area contributed by atoms with Gasteiger partial charge in [0, 0.05) is 21.6 Å². The van der Waals surface area contributed by atoms with Crippen LogP contribution < -0.4 is 0 Å². The minimum absolute atomic E-state index is 0.115. The second-order valence-electron chi connectivity index (χ2n) is 4.29. The van der Waals surface area contributed by atoms with Crippen LogP contribution in [0.1, 0.15) is 19.4 Å². The van der Waals surface area contributed by atoms with Gasteiger partial charge in [-0.3, -0.25) is 19.7 Å². The van der Waals surface area contributed by atoms with Gasteiger partial charge in [-0.1, -0.05) is 6.07 Å². The number of rotatable bonds is 7. The van der Waals surface area contributed by atoms with E-state index in [-0.39, 0.29) is 30.9 Å². The van der Waals surface area contributed by atoms with Crippen molar-refractivity contribution in [2.24, 2.45) is 5.92 Å². The van der Waals surface area contributed by atoms with Crippen molar-refractivity contribution in [3.8, 4) is 0 Å². The Hall–Kier alpha value is -1.71. The molecule has 0 saturated carbocycles. The third-order valence-corrected chi connectivity index (χ3v) is 3.48. The Morgan fingerprint density at radius 1 is 1.23 bits per heavy atom. The number of hydrogen-bond donors (Lipinski definition) is 0. The Balaban J connectivity index is 3.11. The number of carbonyl (C=O) groups is 2. The number of nitrogens with zero attached hydrogens (tertiary/aromatic N) is 1. The molecule has 7 nitrogen and oxygen atoms in total. The van der Waals surface area contributed by atoms with E-state index in [0.717, 1.165) is 0 Å². The standard InChI is InChI=1S/C14H16INO6/c1-3-21-13(17)11(14(18)22-4-2)7-9-5-6-10(15)8-12(9)16(19)20/h5-6,8,11H,3-4,7H2,1-2H3. The monoisotopic (exact) mass is 421 g/mol. The molecule has 1 aromatic rings. The summed E-state index contributed by atoms with van der Waals surface area (Å²) in [6.07, 6.45) is -0.134. The second kappa shape index (κ2) is 8.66. The molecule has 22 heavy (non-hydrogen) atoms. The maximum absolute atomic E-state index is 11.9. The highest BCUT2D eigenvalue weighted by Gasteiger charge is 2.32. The molecule has 1 rings (SSSR count). The molecule has 0 aromatic heterocycles. The summed E-state index contributed by atoms with van der Waals surface area (Å²) in [6.45, 7) is 3.47. The molecule has 1 aromatic carbocycles. The van der Waals surface area contributed by atoms with Crippen LogP contribution in [0.15, 0.2) is 18.2 Å². The predicted molar refractivity (Wildman–Crippen MR) is 86.3 cm³/mol. The number of nitro groups is 1. The van der Waals surface area contributed by atoms with Crippen LogP contribution in [0.3, 0.4) is 0 Å². The fourth-order valence-corrected chi connectivity index (χ4v) is 2.32. The van der Waals surface area contributed by atoms with Crippen molar-refractivity contribution in [1.29, 1.82) is 0 Å². The fraction of sp³-hybridized carbons (Fsp3) is 0.429. The van der Waals surface area contributed by atoms with Gasteiger partial charge in [0.05, 0.1) is 18.1 Å². The minimum Gasteiger partial charge on any atom is -0.465 e. The van der Waals surface area contributed by atoms with E-state index in [1.54, 1.807) is 19.9 Å². The Morgan fingerprint density at radius 3 is 2.23 bits per heavy atom. The molecule has 0 heterocycles. The van der Waals surface area contributed by atoms with Crippen molar-refractivity contribution in [2.45, 2.75) is 20.3 Å². The van der Waals surface area contributed by atoms with Gasteiger partial charge in [-0.25, -0.2) is 0 Å². The van der Waals surface area contributed by atoms with Gasteiger partial charge in [-0.05, 0) is 42.5 Å². The van der Waals surface area contributed by atoms with Gasteiger partial charge in [-0.2, -0.15) is 0 Å². The molecule has 0 radical (unpaired) electrons. The number of esters is 2. The van der Waals surface area contributed by atoms with Crippen molar-refractivity contribution < 1.29 is 24.0 Å². The molecule has 0 aliphatic rings. The van der Waals surface area contributed by atoms with E-state index < -0.39 is 22.8 Å². The average molecular weight is 421 g/mol. The number of ether oxygens (including phenoxy) is 2. The molecule has 0 bridgehead atoms. The van der Waals surface area contributed by atoms with Gasteiger partial charge in [-0.15, -0.1) is 0 Å². The highest BCUT2D eigenvalue weighted by atomic mass is 127. The number of hydrogen-bond acceptors (Lipinski definition) is 6. The summed E-state index contributed by atoms with van der Waals surface area (Å²) in [6, 6.07) is 4.60. The summed E-state index contributed by atoms with van der Waals surface area (Å²) in [5.41, 5.74) is 0.155. The molecule has 0 fully saturated rings. The summed E-state index contributed by atoms with van der Waals surface area (Å²) in [4.78, 5) is 34.4. The van der Waals surface area contributed by atoms with Crippen molar-refractivity contribution >= 4 is 40.2 Å². The molecule has 120 valence electrons. The first kappa shape index (κ1) is 18.3. The van der Waals surface area contributed by atoms with Gasteiger partial charge in [0.15, 0.2) is 5.92 Å². The first-order valence-electron chi connectivity index (χ1n) is 6.66. The molecule has 8 heteroatoms. The molecule has 0 atom stereocenters. The zero-order chi connectivity index (χ0) is 16.7. The van der Waals surface area contributed by atoms with E-state index in [9.17, 15) is 19.7 Å². The molecule has 0 spiro atoms. The highest BCUT2D eigenvalue weighted by Crippen LogP contribution is 2.25. The van der Waals surface area contributed by atoms with Crippen molar-refractivity contribution in [2.75, 3.05) is 13.2 Å². The molecular formula is C14H16INO6. The molecule has 0 amide bonds. The van der Waals surface area contributed by atoms with E-state index in [1.165, 1.54) is 12.1 Å². The third-order valence-electron chi connectivity index (χ3n) is 2.81. The van der Waals surface area contributed by atoms with Crippen molar-refractivity contribution in [3.63, 3.8) is 0 Å². The van der Waals surface area contributed by atoms with E-state index in [1.807, 2.05) is 22.6 Å². The lowest BCUT2D eigenvalue weighted by molar-refractivity contribution is -0.385. The molecule has 0 saturated heterocycles. The lowest BCUT2D eigenvalue weighted by Crippen LogP contribution is -2.30. The number of halogens is 1. The van der Waals surface area contributed by atoms with E-state index in [0.29, 0.717) is 3.57 Å². The lowest BCUT2D eigenvalue weighted by atomic mass is 9.98. The topological polar surface area (TPSA) is 95.7 Å². The quantitative estimate of drug-likeness (QED) is 0.221. The van der Waals surface area contributed by atoms with E-state index in [4.69, 9.17) is 9.47 Å². The highest BCUT2D eigenvalue weighted by molar-refractivity contribution is 14.1. The summed E-state index contributed by atoms with van der Waals surface area (Å²) in [7, 11) is 0. The van der Waals surface area contributed by atoms with Gasteiger partial charge >= 0.3 is 11.9 Å². The van der Waals surface area contributed by atoms with Gasteiger partial charge < -0.3 is 9.47 Å². The van der Waals surface area contributed by atoms with Crippen LogP contribution in [0, 0.1) is 19.6 Å². The van der Waals surface area contributed by atoms with Gasteiger partial charge in [0.1, 0.15) is 0 Å². The zero-order valence-electron chi connectivity index (χ0n) is 12.2. The van der Waals surface area contributed by atoms with E-state index in [2.05, 4.69) is 0 Å². The Bertz CT molecular complexity index is 556. The SMILES string of the molecule is CCOC(=O)C(Cc1ccc(I)cc1[N+](=O)[O-])C(=O)OCC. The van der Waals surface area contributed by atoms with Crippen molar-refractivity contribution in [3.05, 3.63) is 37.4 Å². The van der Waals surface area contributed by atoms with Crippen LogP contribution in [0.5, 0.6) is 0 Å². The number of benzene rings is 1. The summed E-state index contributed by atoms with van der Waals surface area (Å²) >= 11 is 1.95. The Labute approximate surface area is 141 Å². The minimum atomic E-state index is -1.21. The Kier molecular flexibility index (Phi) is 7.22. The summed E-state index contributed by atoms with van der Waals surface area (Å²) in [5, 5.41) is 11.1. The summed E-state index contributed by atoms with van der Waals surface area (Å²) < 4.78 is 10.4. The van der Waals surface area contributed by atoms with Crippen LogP contribution in [0.4, 0.5) is 5.69 Å². The average Bonchev–Trinajstić information content (AvgIpc) is 2.46. The van der Waals surface area contributed by atoms with Crippen LogP contribution in [0.2, 0.25) is 0 Å². The van der Waals surface area contributed by atoms with E-state index >= 15 is 0 Å². The largest absolute Gasteiger partial charge is 0.465 e. The van der Waals surface area contributed by atoms with Crippen LogP contribution >= 0.6 is 22.6 Å². The summed E-state index contributed by atoms with van der Waals surface area (Å²) in [5.74, 6) is -2.69. The molecule has 0 aliphatic carbocycles. The third kappa shape index (κ3) is 4.93. The number of carbonyl (C=O) groups excluding carboxylic acids is 2. The van der Waals surface area contributed by atoms with Crippen LogP contribution in [0.25, 0.3) is 0 Å². The van der Waals surface area contributed by atoms with Gasteiger partial charge in [0.25, 0.3) is 5.69 Å². The van der Waals surface area contributed by atoms with Crippen molar-refractivity contribution in [1.82, 2.24) is 0 Å². The fourth-order valence-electron chi connectivity index (χ4n) is 1.85. The predicted octanol–water partition coefficient (Wildman–Crippen LogP) is 2.48. The molecular weight excluding hydrogens is 405 g/mol. The van der Waals surface area contributed by atoms with Crippen LogP contribution in [-0.4, -0.2) is 30.1 Å². The first-order chi connectivity index (χ1) is 10.4. The lowest BCUT2D eigenvalue weighted by Gasteiger charge is -2.14. The normalized spacial score (nSPS) is 10.4. The number of nitro benzene ring substituents is 1. The molecule has 0 unspecified atom stereocenters. The maximum Gasteiger partial charge on any atom is 0.320 e. The smallest absolute Gasteiger partial charge is 0.320 e. The zero-order valence-corrected chi connectivity index (χ0v) is 14.4. The molecule has 0 aliphatic heterocycles. The first-order valence-corrected chi connectivity index (χ1v) is 7.74. The molecule has 0 N–H and O–H groups in total.